The van der Waals surface area contributed by atoms with Gasteiger partial charge in [-0.25, -0.2) is 4.79 Å². The fourth-order valence-electron chi connectivity index (χ4n) is 2.12. The molecule has 0 saturated carbocycles. The minimum Gasteiger partial charge on any atom is -0.383 e. The maximum Gasteiger partial charge on any atom is 0.332 e. The molecule has 2 rings (SSSR count). The van der Waals surface area contributed by atoms with Crippen molar-refractivity contribution in [1.82, 2.24) is 9.13 Å². The van der Waals surface area contributed by atoms with E-state index in [0.717, 1.165) is 9.13 Å². The third-order valence-electron chi connectivity index (χ3n) is 3.69. The number of benzene rings is 1. The number of halogens is 1. The summed E-state index contributed by atoms with van der Waals surface area (Å²) in [6, 6.07) is 5.82. The Morgan fingerprint density at radius 1 is 1.08 bits per heavy atom. The number of ketones is 2. The van der Waals surface area contributed by atoms with E-state index in [-0.39, 0.29) is 11.4 Å². The lowest BCUT2D eigenvalue weighted by atomic mass is 10.1. The van der Waals surface area contributed by atoms with Crippen molar-refractivity contribution in [3.8, 4) is 0 Å². The number of nitrogens with two attached hydrogens (primary N) is 1. The number of aromatic nitrogens is 2. The summed E-state index contributed by atoms with van der Waals surface area (Å²) in [7, 11) is 2.50. The summed E-state index contributed by atoms with van der Waals surface area (Å²) >= 11 is 5.72. The molecule has 26 heavy (non-hydrogen) atoms. The van der Waals surface area contributed by atoms with Crippen molar-refractivity contribution < 1.29 is 14.4 Å². The number of hydrogen-bond donors (Lipinski definition) is 2. The first-order valence-electron chi connectivity index (χ1n) is 7.32. The van der Waals surface area contributed by atoms with Crippen LogP contribution in [0.2, 0.25) is 5.02 Å². The van der Waals surface area contributed by atoms with Crippen molar-refractivity contribution in [2.45, 2.75) is 6.42 Å². The van der Waals surface area contributed by atoms with E-state index in [2.05, 4.69) is 5.32 Å². The highest BCUT2D eigenvalue weighted by atomic mass is 35.5. The van der Waals surface area contributed by atoms with E-state index in [0.29, 0.717) is 5.02 Å². The number of carbonyl (C=O) groups excluding carboxylic acids is 3. The molecule has 0 bridgehead atoms. The number of rotatable bonds is 5. The van der Waals surface area contributed by atoms with Gasteiger partial charge in [0.1, 0.15) is 11.5 Å². The lowest BCUT2D eigenvalue weighted by molar-refractivity contribution is -0.134. The van der Waals surface area contributed by atoms with Crippen molar-refractivity contribution in [3.63, 3.8) is 0 Å². The summed E-state index contributed by atoms with van der Waals surface area (Å²) in [6.45, 7) is 0. The molecule has 2 aromatic rings. The monoisotopic (exact) mass is 378 g/mol. The summed E-state index contributed by atoms with van der Waals surface area (Å²) in [6.07, 6.45) is -0.695. The third-order valence-corrected chi connectivity index (χ3v) is 3.94. The Bertz CT molecular complexity index is 1020. The van der Waals surface area contributed by atoms with Gasteiger partial charge in [0.2, 0.25) is 5.78 Å². The highest BCUT2D eigenvalue weighted by Gasteiger charge is 2.22. The van der Waals surface area contributed by atoms with Gasteiger partial charge in [0.15, 0.2) is 5.78 Å². The third kappa shape index (κ3) is 3.72. The number of hydrogen-bond acceptors (Lipinski definition) is 6. The number of nitrogen functional groups attached to an aromatic ring is 1. The molecule has 0 saturated heterocycles. The standard InChI is InChI=1S/C16H15ClN4O5/c1-20-13(18)12(15(25)21(2)16(20)26)19-14(24)11(23)7-10(22)8-3-5-9(17)6-4-8/h3-6H,7,18H2,1-2H3,(H,19,24). The molecule has 0 spiro atoms. The van der Waals surface area contributed by atoms with E-state index in [4.69, 9.17) is 17.3 Å². The van der Waals surface area contributed by atoms with Crippen LogP contribution < -0.4 is 22.3 Å². The molecule has 0 aliphatic heterocycles. The largest absolute Gasteiger partial charge is 0.383 e. The Balaban J connectivity index is 2.19. The summed E-state index contributed by atoms with van der Waals surface area (Å²) in [4.78, 5) is 59.8. The topological polar surface area (TPSA) is 133 Å². The zero-order chi connectivity index (χ0) is 19.6. The van der Waals surface area contributed by atoms with E-state index >= 15 is 0 Å². The van der Waals surface area contributed by atoms with Crippen LogP contribution in [0, 0.1) is 0 Å². The van der Waals surface area contributed by atoms with Gasteiger partial charge in [-0.1, -0.05) is 11.6 Å². The van der Waals surface area contributed by atoms with Gasteiger partial charge in [0.25, 0.3) is 11.5 Å². The molecule has 10 heteroatoms. The maximum atomic E-state index is 12.1. The van der Waals surface area contributed by atoms with Crippen molar-refractivity contribution >= 4 is 40.6 Å². The Labute approximate surface area is 152 Å². The van der Waals surface area contributed by atoms with Crippen LogP contribution >= 0.6 is 11.6 Å². The fourth-order valence-corrected chi connectivity index (χ4v) is 2.25. The minimum absolute atomic E-state index is 0.216. The maximum absolute atomic E-state index is 12.1. The van der Waals surface area contributed by atoms with Gasteiger partial charge in [0.05, 0.1) is 6.42 Å². The molecule has 0 fully saturated rings. The average Bonchev–Trinajstić information content (AvgIpc) is 2.62. The van der Waals surface area contributed by atoms with Crippen molar-refractivity contribution in [1.29, 1.82) is 0 Å². The molecule has 136 valence electrons. The molecule has 0 unspecified atom stereocenters. The number of carbonyl (C=O) groups is 3. The van der Waals surface area contributed by atoms with Crippen molar-refractivity contribution in [3.05, 3.63) is 55.7 Å². The molecule has 0 aliphatic carbocycles. The molecule has 9 nitrogen and oxygen atoms in total. The Morgan fingerprint density at radius 3 is 2.23 bits per heavy atom. The fraction of sp³-hybridized carbons (Fsp3) is 0.188. The second-order valence-corrected chi connectivity index (χ2v) is 5.89. The van der Waals surface area contributed by atoms with Gasteiger partial charge in [-0.15, -0.1) is 0 Å². The van der Waals surface area contributed by atoms with Gasteiger partial charge < -0.3 is 11.1 Å². The summed E-state index contributed by atoms with van der Waals surface area (Å²) < 4.78 is 1.68. The van der Waals surface area contributed by atoms with Gasteiger partial charge in [-0.05, 0) is 24.3 Å². The summed E-state index contributed by atoms with van der Waals surface area (Å²) in [5, 5.41) is 2.50. The number of nitrogens with one attached hydrogen (secondary N) is 1. The molecule has 3 N–H and O–H groups in total. The smallest absolute Gasteiger partial charge is 0.332 e. The van der Waals surface area contributed by atoms with E-state index < -0.39 is 40.8 Å². The highest BCUT2D eigenvalue weighted by molar-refractivity contribution is 6.44. The second-order valence-electron chi connectivity index (χ2n) is 5.45. The first kappa shape index (κ1) is 19.1. The quantitative estimate of drug-likeness (QED) is 0.430. The van der Waals surface area contributed by atoms with Crippen LogP contribution in [-0.4, -0.2) is 26.6 Å². The lowest BCUT2D eigenvalue weighted by Gasteiger charge is -2.11. The molecule has 0 aliphatic rings. The zero-order valence-electron chi connectivity index (χ0n) is 13.9. The van der Waals surface area contributed by atoms with Crippen LogP contribution in [-0.2, 0) is 23.7 Å². The first-order valence-corrected chi connectivity index (χ1v) is 7.69. The number of anilines is 2. The molecule has 1 heterocycles. The first-order chi connectivity index (χ1) is 12.1. The molecule has 0 atom stereocenters. The van der Waals surface area contributed by atoms with E-state index in [1.807, 2.05) is 0 Å². The van der Waals surface area contributed by atoms with Crippen LogP contribution in [0.3, 0.4) is 0 Å². The van der Waals surface area contributed by atoms with Crippen LogP contribution in [0.15, 0.2) is 33.9 Å². The van der Waals surface area contributed by atoms with Crippen LogP contribution in [0.5, 0.6) is 0 Å². The van der Waals surface area contributed by atoms with Gasteiger partial charge >= 0.3 is 5.69 Å². The lowest BCUT2D eigenvalue weighted by Crippen LogP contribution is -2.41. The van der Waals surface area contributed by atoms with Crippen LogP contribution in [0.25, 0.3) is 0 Å². The van der Waals surface area contributed by atoms with Gasteiger partial charge in [-0.2, -0.15) is 0 Å². The SMILES string of the molecule is Cn1c(N)c(NC(=O)C(=O)CC(=O)c2ccc(Cl)cc2)c(=O)n(C)c1=O. The van der Waals surface area contributed by atoms with E-state index in [1.54, 1.807) is 0 Å². The van der Waals surface area contributed by atoms with Crippen LogP contribution in [0.1, 0.15) is 16.8 Å². The van der Waals surface area contributed by atoms with Crippen molar-refractivity contribution in [2.75, 3.05) is 11.1 Å². The minimum atomic E-state index is -1.19. The normalized spacial score (nSPS) is 10.4. The highest BCUT2D eigenvalue weighted by Crippen LogP contribution is 2.12. The predicted molar refractivity (Wildman–Crippen MR) is 95.4 cm³/mol. The second kappa shape index (κ2) is 7.36. The Hall–Kier alpha value is -3.20. The number of amides is 1. The van der Waals surface area contributed by atoms with Gasteiger partial charge in [-0.3, -0.25) is 28.3 Å². The molecule has 1 aromatic carbocycles. The Kier molecular flexibility index (Phi) is 5.41. The number of nitrogens with zero attached hydrogens (tertiary/aromatic N) is 2. The predicted octanol–water partition coefficient (Wildman–Crippen LogP) is 0.100. The molecule has 0 radical (unpaired) electrons. The summed E-state index contributed by atoms with van der Waals surface area (Å²) in [5.74, 6) is -3.12. The molecular weight excluding hydrogens is 364 g/mol. The molecular formula is C16H15ClN4O5. The van der Waals surface area contributed by atoms with Crippen molar-refractivity contribution in [2.24, 2.45) is 14.1 Å². The summed E-state index contributed by atoms with van der Waals surface area (Å²) in [5.41, 5.74) is 3.91. The average molecular weight is 379 g/mol. The Morgan fingerprint density at radius 2 is 1.65 bits per heavy atom. The van der Waals surface area contributed by atoms with E-state index in [9.17, 15) is 24.0 Å². The van der Waals surface area contributed by atoms with Crippen LogP contribution in [0.4, 0.5) is 11.5 Å². The number of Topliss-reactive ketones (excluding diaryl/α,β-unsaturated/α-hetero) is 2. The van der Waals surface area contributed by atoms with Gasteiger partial charge in [0, 0.05) is 24.7 Å². The van der Waals surface area contributed by atoms with E-state index in [1.165, 1.54) is 38.4 Å². The molecule has 1 amide bonds. The molecule has 1 aromatic heterocycles. The zero-order valence-corrected chi connectivity index (χ0v) is 14.7.